The van der Waals surface area contributed by atoms with Gasteiger partial charge >= 0.3 is 5.97 Å². The van der Waals surface area contributed by atoms with Crippen molar-refractivity contribution in [2.45, 2.75) is 40.0 Å². The molecule has 1 unspecified atom stereocenters. The standard InChI is InChI=1S/C16H22O3/c1-4-8-14(13(3)16(17)18)11-12(2)19-15-9-6-5-7-10-15/h6,8-11,13H,4-5,7H2,1-3H3,(H,17,18)/b12-11+,14-8+. The average Bonchev–Trinajstić information content (AvgIpc) is 2.38. The minimum Gasteiger partial charge on any atom is -0.481 e. The Kier molecular flexibility index (Phi) is 6.13. The third-order valence-electron chi connectivity index (χ3n) is 2.92. The summed E-state index contributed by atoms with van der Waals surface area (Å²) in [5, 5.41) is 9.08. The molecular weight excluding hydrogens is 240 g/mol. The second-order valence-electron chi connectivity index (χ2n) is 4.62. The zero-order valence-corrected chi connectivity index (χ0v) is 11.8. The predicted octanol–water partition coefficient (Wildman–Crippen LogP) is 4.20. The van der Waals surface area contributed by atoms with Crippen LogP contribution in [0.1, 0.15) is 40.0 Å². The molecular formula is C16H22O3. The number of rotatable bonds is 6. The SMILES string of the molecule is CC/C=C(\C=C(/C)OC1=CCCC=C1)C(C)C(=O)O. The Morgan fingerprint density at radius 2 is 2.26 bits per heavy atom. The number of carboxylic acids is 1. The molecule has 104 valence electrons. The monoisotopic (exact) mass is 262 g/mol. The molecule has 1 aliphatic carbocycles. The summed E-state index contributed by atoms with van der Waals surface area (Å²) in [6, 6.07) is 0. The van der Waals surface area contributed by atoms with Crippen LogP contribution < -0.4 is 0 Å². The van der Waals surface area contributed by atoms with E-state index in [1.165, 1.54) is 0 Å². The molecule has 0 amide bonds. The summed E-state index contributed by atoms with van der Waals surface area (Å²) in [6.45, 7) is 5.53. The highest BCUT2D eigenvalue weighted by atomic mass is 16.5. The lowest BCUT2D eigenvalue weighted by atomic mass is 9.99. The summed E-state index contributed by atoms with van der Waals surface area (Å²) in [5.41, 5.74) is 0.785. The van der Waals surface area contributed by atoms with Gasteiger partial charge in [-0.1, -0.05) is 19.1 Å². The molecule has 1 rings (SSSR count). The molecule has 0 fully saturated rings. The number of carboxylic acid groups (broad SMARTS) is 1. The van der Waals surface area contributed by atoms with Crippen molar-refractivity contribution in [3.8, 4) is 0 Å². The molecule has 0 spiro atoms. The van der Waals surface area contributed by atoms with Crippen molar-refractivity contribution in [2.24, 2.45) is 5.92 Å². The third-order valence-corrected chi connectivity index (χ3v) is 2.92. The van der Waals surface area contributed by atoms with Crippen LogP contribution in [-0.4, -0.2) is 11.1 Å². The van der Waals surface area contributed by atoms with Crippen LogP contribution in [0, 0.1) is 5.92 Å². The molecule has 0 heterocycles. The molecule has 1 aliphatic rings. The van der Waals surface area contributed by atoms with Gasteiger partial charge in [0.15, 0.2) is 0 Å². The maximum atomic E-state index is 11.1. The van der Waals surface area contributed by atoms with E-state index in [0.717, 1.165) is 30.6 Å². The van der Waals surface area contributed by atoms with E-state index in [9.17, 15) is 4.79 Å². The van der Waals surface area contributed by atoms with Crippen molar-refractivity contribution in [1.29, 1.82) is 0 Å². The topological polar surface area (TPSA) is 46.5 Å². The molecule has 0 saturated heterocycles. The van der Waals surface area contributed by atoms with E-state index in [1.807, 2.05) is 38.2 Å². The van der Waals surface area contributed by atoms with Crippen molar-refractivity contribution in [1.82, 2.24) is 0 Å². The van der Waals surface area contributed by atoms with Crippen LogP contribution in [0.2, 0.25) is 0 Å². The van der Waals surface area contributed by atoms with Gasteiger partial charge in [-0.25, -0.2) is 0 Å². The average molecular weight is 262 g/mol. The van der Waals surface area contributed by atoms with E-state index in [2.05, 4.69) is 6.08 Å². The van der Waals surface area contributed by atoms with E-state index in [4.69, 9.17) is 9.84 Å². The van der Waals surface area contributed by atoms with Crippen LogP contribution in [0.4, 0.5) is 0 Å². The van der Waals surface area contributed by atoms with Crippen molar-refractivity contribution in [3.05, 3.63) is 47.5 Å². The Labute approximate surface area is 115 Å². The van der Waals surface area contributed by atoms with Gasteiger partial charge in [0.05, 0.1) is 5.92 Å². The fraction of sp³-hybridized carbons (Fsp3) is 0.438. The number of hydrogen-bond acceptors (Lipinski definition) is 2. The highest BCUT2D eigenvalue weighted by molar-refractivity contribution is 5.74. The van der Waals surface area contributed by atoms with Gasteiger partial charge in [0.25, 0.3) is 0 Å². The molecule has 0 bridgehead atoms. The molecule has 0 radical (unpaired) electrons. The second kappa shape index (κ2) is 7.62. The van der Waals surface area contributed by atoms with Crippen LogP contribution in [0.3, 0.4) is 0 Å². The zero-order valence-electron chi connectivity index (χ0n) is 11.8. The maximum Gasteiger partial charge on any atom is 0.310 e. The predicted molar refractivity (Wildman–Crippen MR) is 76.5 cm³/mol. The van der Waals surface area contributed by atoms with Gasteiger partial charge < -0.3 is 9.84 Å². The first kappa shape index (κ1) is 15.3. The molecule has 0 aliphatic heterocycles. The first-order valence-electron chi connectivity index (χ1n) is 6.70. The summed E-state index contributed by atoms with van der Waals surface area (Å²) in [4.78, 5) is 11.1. The highest BCUT2D eigenvalue weighted by Gasteiger charge is 2.15. The number of aliphatic carboxylic acids is 1. The first-order valence-corrected chi connectivity index (χ1v) is 6.70. The van der Waals surface area contributed by atoms with Crippen LogP contribution in [0.5, 0.6) is 0 Å². The van der Waals surface area contributed by atoms with Gasteiger partial charge in [-0.3, -0.25) is 4.79 Å². The minimum absolute atomic E-state index is 0.519. The van der Waals surface area contributed by atoms with Gasteiger partial charge in [-0.15, -0.1) is 0 Å². The van der Waals surface area contributed by atoms with E-state index in [1.54, 1.807) is 6.92 Å². The lowest BCUT2D eigenvalue weighted by Gasteiger charge is -2.12. The quantitative estimate of drug-likeness (QED) is 0.576. The molecule has 3 heteroatoms. The summed E-state index contributed by atoms with van der Waals surface area (Å²) < 4.78 is 5.70. The molecule has 0 aromatic carbocycles. The minimum atomic E-state index is -0.819. The van der Waals surface area contributed by atoms with E-state index in [0.29, 0.717) is 5.76 Å². The molecule has 0 aromatic rings. The fourth-order valence-electron chi connectivity index (χ4n) is 1.85. The maximum absolute atomic E-state index is 11.1. The summed E-state index contributed by atoms with van der Waals surface area (Å²) >= 11 is 0. The Morgan fingerprint density at radius 3 is 2.79 bits per heavy atom. The molecule has 19 heavy (non-hydrogen) atoms. The fourth-order valence-corrected chi connectivity index (χ4v) is 1.85. The van der Waals surface area contributed by atoms with Crippen LogP contribution in [0.15, 0.2) is 47.5 Å². The van der Waals surface area contributed by atoms with E-state index < -0.39 is 11.9 Å². The van der Waals surface area contributed by atoms with E-state index >= 15 is 0 Å². The molecule has 1 atom stereocenters. The van der Waals surface area contributed by atoms with Crippen LogP contribution in [-0.2, 0) is 9.53 Å². The molecule has 1 N–H and O–H groups in total. The number of carbonyl (C=O) groups is 1. The smallest absolute Gasteiger partial charge is 0.310 e. The number of hydrogen-bond donors (Lipinski definition) is 1. The molecule has 0 saturated carbocycles. The van der Waals surface area contributed by atoms with Crippen LogP contribution in [0.25, 0.3) is 0 Å². The van der Waals surface area contributed by atoms with Gasteiger partial charge in [-0.05, 0) is 56.9 Å². The lowest BCUT2D eigenvalue weighted by molar-refractivity contribution is -0.139. The number of ether oxygens (including phenoxy) is 1. The first-order chi connectivity index (χ1) is 9.04. The Bertz CT molecular complexity index is 439. The molecule has 0 aromatic heterocycles. The highest BCUT2D eigenvalue weighted by Crippen LogP contribution is 2.19. The van der Waals surface area contributed by atoms with Gasteiger partial charge in [0.2, 0.25) is 0 Å². The Balaban J connectivity index is 2.78. The third kappa shape index (κ3) is 5.16. The van der Waals surface area contributed by atoms with E-state index in [-0.39, 0.29) is 0 Å². The zero-order chi connectivity index (χ0) is 14.3. The Hall–Kier alpha value is -1.77. The van der Waals surface area contributed by atoms with Crippen molar-refractivity contribution >= 4 is 5.97 Å². The van der Waals surface area contributed by atoms with Gasteiger partial charge in [0, 0.05) is 0 Å². The second-order valence-corrected chi connectivity index (χ2v) is 4.62. The molecule has 3 nitrogen and oxygen atoms in total. The van der Waals surface area contributed by atoms with Gasteiger partial charge in [0.1, 0.15) is 11.5 Å². The largest absolute Gasteiger partial charge is 0.481 e. The summed E-state index contributed by atoms with van der Waals surface area (Å²) in [6.07, 6.45) is 12.6. The van der Waals surface area contributed by atoms with Gasteiger partial charge in [-0.2, -0.15) is 0 Å². The number of allylic oxidation sites excluding steroid dienone is 6. The summed E-state index contributed by atoms with van der Waals surface area (Å²) in [5.74, 6) is 0.208. The van der Waals surface area contributed by atoms with Crippen molar-refractivity contribution in [3.63, 3.8) is 0 Å². The van der Waals surface area contributed by atoms with Crippen LogP contribution >= 0.6 is 0 Å². The van der Waals surface area contributed by atoms with Crippen molar-refractivity contribution in [2.75, 3.05) is 0 Å². The normalized spacial score (nSPS) is 17.9. The Morgan fingerprint density at radius 1 is 1.53 bits per heavy atom. The summed E-state index contributed by atoms with van der Waals surface area (Å²) in [7, 11) is 0. The van der Waals surface area contributed by atoms with Crippen molar-refractivity contribution < 1.29 is 14.6 Å². The lowest BCUT2D eigenvalue weighted by Crippen LogP contribution is -2.11.